The molecule has 4 rings (SSSR count). The molecule has 1 N–H and O–H groups in total. The van der Waals surface area contributed by atoms with Gasteiger partial charge in [-0.05, 0) is 86.2 Å². The van der Waals surface area contributed by atoms with Gasteiger partial charge in [0.1, 0.15) is 24.4 Å². The van der Waals surface area contributed by atoms with E-state index in [4.69, 9.17) is 28.4 Å². The maximum Gasteiger partial charge on any atom is 0.408 e. The summed E-state index contributed by atoms with van der Waals surface area (Å²) in [5, 5.41) is 2.93. The Bertz CT molecular complexity index is 1460. The third-order valence-electron chi connectivity index (χ3n) is 11.5. The van der Waals surface area contributed by atoms with Gasteiger partial charge in [0.15, 0.2) is 23.8 Å². The van der Waals surface area contributed by atoms with Crippen molar-refractivity contribution in [1.82, 2.24) is 15.1 Å². The molecule has 0 radical (unpaired) electrons. The summed E-state index contributed by atoms with van der Waals surface area (Å²) in [6.07, 6.45) is -4.06. The van der Waals surface area contributed by atoms with Crippen LogP contribution < -0.4 is 5.32 Å². The Kier molecular flexibility index (Phi) is 13.9. The van der Waals surface area contributed by atoms with E-state index in [0.29, 0.717) is 31.2 Å². The predicted octanol–water partition coefficient (Wildman–Crippen LogP) is 3.64. The van der Waals surface area contributed by atoms with E-state index < -0.39 is 89.6 Å². The van der Waals surface area contributed by atoms with Crippen LogP contribution in [0.5, 0.6) is 0 Å². The number of nitrogens with zero attached hydrogens (tertiary/aromatic N) is 2. The molecule has 0 aliphatic carbocycles. The first-order chi connectivity index (χ1) is 24.9. The molecular weight excluding hydrogens is 686 g/mol. The van der Waals surface area contributed by atoms with Crippen molar-refractivity contribution in [1.29, 1.82) is 0 Å². The first kappa shape index (κ1) is 42.3. The number of likely N-dealkylation sites (N-methyl/N-ethyl adjacent to an activating group) is 2. The van der Waals surface area contributed by atoms with Crippen LogP contribution in [-0.4, -0.2) is 135 Å². The summed E-state index contributed by atoms with van der Waals surface area (Å²) in [5.41, 5.74) is -2.04. The Morgan fingerprint density at radius 3 is 2.34 bits per heavy atom. The van der Waals surface area contributed by atoms with Crippen molar-refractivity contribution in [2.24, 2.45) is 17.8 Å². The standard InChI is InChI=1S/C39H59N3O11/c1-12-29-39(7)32(40-37(47)53-39)25(5)42(10)20-22(2)19-38(6,48-11)33(23(3)30(44)24(4)34(45)50-29)52-36-31(28(41(8)9)18-27(21-43)49-36)51-35(46)26-16-14-13-15-17-26/h13-17,21-25,27-29,31-33,36H,12,18-20H2,1-11H3,(H,40,47)/t22-,23+,24?,25-,27?,28?,29+,31?,32-,33-,36?,38-,39-/m1/s1. The fourth-order valence-electron chi connectivity index (χ4n) is 8.32. The Labute approximate surface area is 313 Å². The maximum atomic E-state index is 14.4. The molecule has 3 heterocycles. The number of methoxy groups -OCH3 is 1. The summed E-state index contributed by atoms with van der Waals surface area (Å²) in [7, 11) is 7.11. The monoisotopic (exact) mass is 745 g/mol. The van der Waals surface area contributed by atoms with Gasteiger partial charge in [-0.1, -0.05) is 39.0 Å². The Balaban J connectivity index is 1.78. The number of nitrogens with one attached hydrogen (secondary N) is 1. The van der Waals surface area contributed by atoms with Gasteiger partial charge in [-0.3, -0.25) is 9.59 Å². The highest BCUT2D eigenvalue weighted by Crippen LogP contribution is 2.39. The van der Waals surface area contributed by atoms with Gasteiger partial charge in [0.05, 0.1) is 29.4 Å². The predicted molar refractivity (Wildman–Crippen MR) is 194 cm³/mol. The van der Waals surface area contributed by atoms with Gasteiger partial charge in [0.25, 0.3) is 0 Å². The normalized spacial score (nSPS) is 39.2. The number of carbonyl (C=O) groups excluding carboxylic acids is 5. The van der Waals surface area contributed by atoms with Crippen LogP contribution in [0.15, 0.2) is 30.3 Å². The number of ether oxygens (including phenoxy) is 6. The quantitative estimate of drug-likeness (QED) is 0.178. The topological polar surface area (TPSA) is 159 Å². The molecule has 0 bridgehead atoms. The first-order valence-electron chi connectivity index (χ1n) is 18.6. The van der Waals surface area contributed by atoms with E-state index in [9.17, 15) is 24.0 Å². The molecule has 53 heavy (non-hydrogen) atoms. The lowest BCUT2D eigenvalue weighted by Gasteiger charge is -2.47. The summed E-state index contributed by atoms with van der Waals surface area (Å²) >= 11 is 0. The van der Waals surface area contributed by atoms with Crippen molar-refractivity contribution in [3.8, 4) is 0 Å². The number of Topliss-reactive ketones (excluding diaryl/α,β-unsaturated/α-hetero) is 1. The second kappa shape index (κ2) is 17.4. The molecule has 1 aromatic carbocycles. The van der Waals surface area contributed by atoms with Gasteiger partial charge in [-0.15, -0.1) is 0 Å². The number of cyclic esters (lactones) is 1. The van der Waals surface area contributed by atoms with Crippen LogP contribution in [0.25, 0.3) is 0 Å². The maximum absolute atomic E-state index is 14.4. The van der Waals surface area contributed by atoms with Crippen LogP contribution in [0.2, 0.25) is 0 Å². The van der Waals surface area contributed by atoms with Crippen molar-refractivity contribution in [3.05, 3.63) is 35.9 Å². The Morgan fingerprint density at radius 1 is 1.09 bits per heavy atom. The van der Waals surface area contributed by atoms with Gasteiger partial charge >= 0.3 is 18.0 Å². The average Bonchev–Trinajstić information content (AvgIpc) is 3.45. The van der Waals surface area contributed by atoms with E-state index in [0.717, 1.165) is 0 Å². The molecule has 0 saturated carbocycles. The summed E-state index contributed by atoms with van der Waals surface area (Å²) < 4.78 is 37.2. The van der Waals surface area contributed by atoms with E-state index in [1.54, 1.807) is 44.2 Å². The van der Waals surface area contributed by atoms with Crippen LogP contribution in [-0.2, 0) is 42.8 Å². The molecule has 3 aliphatic heterocycles. The number of esters is 2. The molecule has 1 aromatic rings. The SMILES string of the molecule is CC[C@@H]1OC(=O)C(C)C(=O)[C@H](C)[C@@H](OC2OC(C=O)CC(N(C)C)C2OC(=O)c2ccccc2)[C@](C)(OC)C[C@@H](C)CN(C)[C@H](C)[C@H]2NC(=O)O[C@]12C. The fourth-order valence-corrected chi connectivity index (χ4v) is 8.32. The van der Waals surface area contributed by atoms with Crippen LogP contribution in [0, 0.1) is 17.8 Å². The highest BCUT2D eigenvalue weighted by molar-refractivity contribution is 6.00. The summed E-state index contributed by atoms with van der Waals surface area (Å²) in [6, 6.07) is 7.26. The van der Waals surface area contributed by atoms with Crippen molar-refractivity contribution in [3.63, 3.8) is 0 Å². The number of hydrogen-bond donors (Lipinski definition) is 1. The van der Waals surface area contributed by atoms with E-state index in [-0.39, 0.29) is 18.4 Å². The van der Waals surface area contributed by atoms with Gasteiger partial charge in [-0.25, -0.2) is 9.59 Å². The number of hydrogen-bond acceptors (Lipinski definition) is 13. The van der Waals surface area contributed by atoms with Crippen LogP contribution in [0.1, 0.15) is 78.1 Å². The van der Waals surface area contributed by atoms with E-state index in [2.05, 4.69) is 17.1 Å². The third kappa shape index (κ3) is 9.10. The number of ketones is 1. The minimum atomic E-state index is -1.29. The van der Waals surface area contributed by atoms with E-state index in [1.165, 1.54) is 14.0 Å². The number of carbonyl (C=O) groups is 5. The minimum absolute atomic E-state index is 0.0521. The van der Waals surface area contributed by atoms with Crippen molar-refractivity contribution >= 4 is 30.1 Å². The molecular formula is C39H59N3O11. The number of amides is 1. The number of rotatable bonds is 8. The summed E-state index contributed by atoms with van der Waals surface area (Å²) in [4.78, 5) is 70.5. The zero-order valence-electron chi connectivity index (χ0n) is 33.0. The third-order valence-corrected chi connectivity index (χ3v) is 11.5. The zero-order chi connectivity index (χ0) is 39.4. The highest BCUT2D eigenvalue weighted by Gasteiger charge is 2.56. The van der Waals surface area contributed by atoms with Crippen LogP contribution in [0.4, 0.5) is 4.79 Å². The molecule has 14 heteroatoms. The first-order valence-corrected chi connectivity index (χ1v) is 18.6. The molecule has 3 aliphatic rings. The van der Waals surface area contributed by atoms with Crippen molar-refractivity contribution in [2.45, 2.75) is 128 Å². The zero-order valence-corrected chi connectivity index (χ0v) is 33.0. The number of aldehydes is 1. The van der Waals surface area contributed by atoms with Crippen LogP contribution >= 0.6 is 0 Å². The molecule has 5 unspecified atom stereocenters. The van der Waals surface area contributed by atoms with Crippen molar-refractivity contribution < 1.29 is 52.4 Å². The lowest BCUT2D eigenvalue weighted by atomic mass is 9.78. The van der Waals surface area contributed by atoms with Gasteiger partial charge in [0.2, 0.25) is 0 Å². The molecule has 1 amide bonds. The molecule has 13 atom stereocenters. The number of alkyl carbamates (subject to hydrolysis) is 1. The molecule has 3 fully saturated rings. The van der Waals surface area contributed by atoms with Crippen LogP contribution in [0.3, 0.4) is 0 Å². The fraction of sp³-hybridized carbons (Fsp3) is 0.718. The Morgan fingerprint density at radius 2 is 1.75 bits per heavy atom. The van der Waals surface area contributed by atoms with Gasteiger partial charge in [-0.2, -0.15) is 0 Å². The summed E-state index contributed by atoms with van der Waals surface area (Å²) in [5.74, 6) is -4.11. The molecule has 296 valence electrons. The molecule has 3 saturated heterocycles. The minimum Gasteiger partial charge on any atom is -0.458 e. The largest absolute Gasteiger partial charge is 0.458 e. The van der Waals surface area contributed by atoms with E-state index >= 15 is 0 Å². The Hall–Kier alpha value is -3.43. The molecule has 0 spiro atoms. The number of fused-ring (bicyclic) bond motifs is 1. The second-order valence-electron chi connectivity index (χ2n) is 15.7. The summed E-state index contributed by atoms with van der Waals surface area (Å²) in [6.45, 7) is 13.2. The van der Waals surface area contributed by atoms with Gasteiger partial charge in [0, 0.05) is 25.6 Å². The van der Waals surface area contributed by atoms with Gasteiger partial charge < -0.3 is 48.3 Å². The average molecular weight is 746 g/mol. The smallest absolute Gasteiger partial charge is 0.408 e. The lowest BCUT2D eigenvalue weighted by molar-refractivity contribution is -0.291. The number of benzene rings is 1. The second-order valence-corrected chi connectivity index (χ2v) is 15.7. The van der Waals surface area contributed by atoms with E-state index in [1.807, 2.05) is 46.8 Å². The molecule has 0 aromatic heterocycles. The highest BCUT2D eigenvalue weighted by atomic mass is 16.7. The lowest BCUT2D eigenvalue weighted by Crippen LogP contribution is -2.60. The molecule has 14 nitrogen and oxygen atoms in total. The van der Waals surface area contributed by atoms with Crippen molar-refractivity contribution in [2.75, 3.05) is 34.8 Å².